The molecule has 0 radical (unpaired) electrons. The fraction of sp³-hybridized carbons (Fsp3) is 0.263. The Morgan fingerprint density at radius 3 is 2.50 bits per heavy atom. The molecule has 0 spiro atoms. The van der Waals surface area contributed by atoms with Gasteiger partial charge in [-0.05, 0) is 60.4 Å². The van der Waals surface area contributed by atoms with Crippen LogP contribution >= 0.6 is 0 Å². The van der Waals surface area contributed by atoms with Crippen LogP contribution in [-0.2, 0) is 17.6 Å². The Bertz CT molecular complexity index is 827. The van der Waals surface area contributed by atoms with Crippen LogP contribution in [0.3, 0.4) is 0 Å². The van der Waals surface area contributed by atoms with Crippen molar-refractivity contribution in [2.75, 3.05) is 23.9 Å². The van der Waals surface area contributed by atoms with Crippen LogP contribution < -0.4 is 15.0 Å². The first-order valence-electron chi connectivity index (χ1n) is 8.07. The van der Waals surface area contributed by atoms with Gasteiger partial charge in [-0.3, -0.25) is 9.59 Å². The van der Waals surface area contributed by atoms with Crippen molar-refractivity contribution in [2.45, 2.75) is 19.3 Å². The standard InChI is InChI=1S/C19H18N2O3/c1-24-16-5-2-12(3-6-16)19(23)20-15-10-13-4-7-17(22)21-9-8-14(11-15)18(13)21/h2-3,5-6,10-11H,4,7-9H2,1H3,(H,20,23). The molecule has 5 nitrogen and oxygen atoms in total. The molecule has 0 atom stereocenters. The van der Waals surface area contributed by atoms with Gasteiger partial charge in [0.15, 0.2) is 0 Å². The number of carbonyl (C=O) groups is 2. The lowest BCUT2D eigenvalue weighted by Gasteiger charge is -2.25. The predicted molar refractivity (Wildman–Crippen MR) is 91.8 cm³/mol. The molecule has 2 aromatic rings. The molecule has 0 saturated heterocycles. The van der Waals surface area contributed by atoms with Crippen LogP contribution in [0.25, 0.3) is 0 Å². The minimum atomic E-state index is -0.147. The summed E-state index contributed by atoms with van der Waals surface area (Å²) in [5.41, 5.74) is 4.73. The van der Waals surface area contributed by atoms with Gasteiger partial charge in [-0.15, -0.1) is 0 Å². The number of hydrogen-bond donors (Lipinski definition) is 1. The van der Waals surface area contributed by atoms with Crippen molar-refractivity contribution in [3.05, 3.63) is 53.1 Å². The van der Waals surface area contributed by atoms with Crippen molar-refractivity contribution in [3.8, 4) is 5.75 Å². The molecule has 1 N–H and O–H groups in total. The highest BCUT2D eigenvalue weighted by Gasteiger charge is 2.31. The monoisotopic (exact) mass is 322 g/mol. The molecule has 122 valence electrons. The number of aryl methyl sites for hydroxylation is 1. The Morgan fingerprint density at radius 2 is 1.79 bits per heavy atom. The first-order valence-corrected chi connectivity index (χ1v) is 8.07. The largest absolute Gasteiger partial charge is 0.497 e. The zero-order valence-electron chi connectivity index (χ0n) is 13.5. The van der Waals surface area contributed by atoms with E-state index in [9.17, 15) is 9.59 Å². The highest BCUT2D eigenvalue weighted by Crippen LogP contribution is 2.38. The number of benzene rings is 2. The molecule has 4 rings (SSSR count). The van der Waals surface area contributed by atoms with Gasteiger partial charge >= 0.3 is 0 Å². The van der Waals surface area contributed by atoms with Crippen LogP contribution in [0, 0.1) is 0 Å². The molecule has 2 amide bonds. The highest BCUT2D eigenvalue weighted by atomic mass is 16.5. The molecule has 0 aromatic heterocycles. The van der Waals surface area contributed by atoms with Crippen LogP contribution in [-0.4, -0.2) is 25.5 Å². The topological polar surface area (TPSA) is 58.6 Å². The van der Waals surface area contributed by atoms with Gasteiger partial charge in [0.1, 0.15) is 5.75 Å². The Hall–Kier alpha value is -2.82. The van der Waals surface area contributed by atoms with Crippen molar-refractivity contribution in [3.63, 3.8) is 0 Å². The summed E-state index contributed by atoms with van der Waals surface area (Å²) in [5, 5.41) is 2.97. The van der Waals surface area contributed by atoms with Crippen LogP contribution in [0.2, 0.25) is 0 Å². The molecule has 2 aromatic carbocycles. The van der Waals surface area contributed by atoms with Crippen LogP contribution in [0.15, 0.2) is 36.4 Å². The number of methoxy groups -OCH3 is 1. The Kier molecular flexibility index (Phi) is 3.49. The summed E-state index contributed by atoms with van der Waals surface area (Å²) < 4.78 is 5.11. The molecule has 2 aliphatic rings. The number of amides is 2. The normalized spacial score (nSPS) is 15.2. The molecule has 0 saturated carbocycles. The third kappa shape index (κ3) is 2.42. The van der Waals surface area contributed by atoms with E-state index in [1.54, 1.807) is 31.4 Å². The fourth-order valence-corrected chi connectivity index (χ4v) is 3.48. The van der Waals surface area contributed by atoms with Gasteiger partial charge in [0.05, 0.1) is 12.8 Å². The van der Waals surface area contributed by atoms with Gasteiger partial charge < -0.3 is 15.0 Å². The molecule has 2 heterocycles. The molecule has 0 fully saturated rings. The van der Waals surface area contributed by atoms with E-state index in [0.29, 0.717) is 12.0 Å². The van der Waals surface area contributed by atoms with E-state index in [1.807, 2.05) is 17.0 Å². The number of rotatable bonds is 3. The third-order valence-corrected chi connectivity index (χ3v) is 4.66. The fourth-order valence-electron chi connectivity index (χ4n) is 3.48. The van der Waals surface area contributed by atoms with E-state index >= 15 is 0 Å². The van der Waals surface area contributed by atoms with Crippen LogP contribution in [0.4, 0.5) is 11.4 Å². The number of nitrogens with one attached hydrogen (secondary N) is 1. The van der Waals surface area contributed by atoms with Gasteiger partial charge in [-0.25, -0.2) is 0 Å². The van der Waals surface area contributed by atoms with Gasteiger partial charge in [0.25, 0.3) is 5.91 Å². The zero-order chi connectivity index (χ0) is 16.7. The second-order valence-electron chi connectivity index (χ2n) is 6.12. The third-order valence-electron chi connectivity index (χ3n) is 4.66. The van der Waals surface area contributed by atoms with Gasteiger partial charge in [-0.1, -0.05) is 0 Å². The second-order valence-corrected chi connectivity index (χ2v) is 6.12. The number of ether oxygens (including phenoxy) is 1. The number of hydrogen-bond acceptors (Lipinski definition) is 3. The van der Waals surface area contributed by atoms with Crippen LogP contribution in [0.1, 0.15) is 27.9 Å². The SMILES string of the molecule is COc1ccc(C(=O)Nc2cc3c4c(c2)CCN4C(=O)CC3)cc1. The molecule has 0 unspecified atom stereocenters. The summed E-state index contributed by atoms with van der Waals surface area (Å²) in [6.07, 6.45) is 2.13. The lowest BCUT2D eigenvalue weighted by atomic mass is 9.98. The smallest absolute Gasteiger partial charge is 0.255 e. The van der Waals surface area contributed by atoms with Crippen molar-refractivity contribution in [1.82, 2.24) is 0 Å². The molecule has 5 heteroatoms. The van der Waals surface area contributed by atoms with Gasteiger partial charge in [-0.2, -0.15) is 0 Å². The molecule has 0 aliphatic carbocycles. The lowest BCUT2D eigenvalue weighted by molar-refractivity contribution is -0.118. The average molecular weight is 322 g/mol. The summed E-state index contributed by atoms with van der Waals surface area (Å²) >= 11 is 0. The van der Waals surface area contributed by atoms with E-state index in [2.05, 4.69) is 5.32 Å². The molecular weight excluding hydrogens is 304 g/mol. The average Bonchev–Trinajstić information content (AvgIpc) is 3.03. The molecular formula is C19H18N2O3. The van der Waals surface area contributed by atoms with E-state index in [1.165, 1.54) is 0 Å². The van der Waals surface area contributed by atoms with E-state index in [0.717, 1.165) is 47.6 Å². The maximum Gasteiger partial charge on any atom is 0.255 e. The summed E-state index contributed by atoms with van der Waals surface area (Å²) in [5.74, 6) is 0.779. The Balaban J connectivity index is 1.59. The molecule has 2 aliphatic heterocycles. The van der Waals surface area contributed by atoms with E-state index in [4.69, 9.17) is 4.74 Å². The minimum Gasteiger partial charge on any atom is -0.497 e. The predicted octanol–water partition coefficient (Wildman–Crippen LogP) is 2.78. The first-order chi connectivity index (χ1) is 11.7. The minimum absolute atomic E-state index is 0.147. The number of nitrogens with zero attached hydrogens (tertiary/aromatic N) is 1. The number of anilines is 2. The number of carbonyl (C=O) groups excluding carboxylic acids is 2. The van der Waals surface area contributed by atoms with E-state index < -0.39 is 0 Å². The van der Waals surface area contributed by atoms with Crippen LogP contribution in [0.5, 0.6) is 5.75 Å². The summed E-state index contributed by atoms with van der Waals surface area (Å²) in [7, 11) is 1.60. The van der Waals surface area contributed by atoms with Crippen molar-refractivity contribution in [2.24, 2.45) is 0 Å². The van der Waals surface area contributed by atoms with E-state index in [-0.39, 0.29) is 11.8 Å². The summed E-state index contributed by atoms with van der Waals surface area (Å²) in [6, 6.07) is 11.0. The van der Waals surface area contributed by atoms with Gasteiger partial charge in [0, 0.05) is 24.2 Å². The molecule has 24 heavy (non-hydrogen) atoms. The maximum absolute atomic E-state index is 12.4. The highest BCUT2D eigenvalue weighted by molar-refractivity contribution is 6.05. The lowest BCUT2D eigenvalue weighted by Crippen LogP contribution is -2.32. The summed E-state index contributed by atoms with van der Waals surface area (Å²) in [4.78, 5) is 26.3. The Morgan fingerprint density at radius 1 is 1.08 bits per heavy atom. The van der Waals surface area contributed by atoms with Gasteiger partial charge in [0.2, 0.25) is 5.91 Å². The van der Waals surface area contributed by atoms with Crippen molar-refractivity contribution < 1.29 is 14.3 Å². The zero-order valence-corrected chi connectivity index (χ0v) is 13.5. The summed E-state index contributed by atoms with van der Waals surface area (Å²) in [6.45, 7) is 0.747. The maximum atomic E-state index is 12.4. The quantitative estimate of drug-likeness (QED) is 0.945. The first kappa shape index (κ1) is 14.8. The van der Waals surface area contributed by atoms with Crippen molar-refractivity contribution in [1.29, 1.82) is 0 Å². The Labute approximate surface area is 140 Å². The molecule has 0 bridgehead atoms. The second kappa shape index (κ2) is 5.67. The van der Waals surface area contributed by atoms with Crippen molar-refractivity contribution >= 4 is 23.2 Å².